The van der Waals surface area contributed by atoms with E-state index in [4.69, 9.17) is 9.72 Å². The Bertz CT molecular complexity index is 966. The molecule has 0 aliphatic carbocycles. The summed E-state index contributed by atoms with van der Waals surface area (Å²) >= 11 is 1.66. The molecule has 1 aliphatic heterocycles. The Labute approximate surface area is 178 Å². The zero-order valence-electron chi connectivity index (χ0n) is 16.8. The molecular weight excluding hydrogens is 408 g/mol. The monoisotopic (exact) mass is 433 g/mol. The maximum atomic E-state index is 13.3. The van der Waals surface area contributed by atoms with Crippen molar-refractivity contribution in [1.82, 2.24) is 9.88 Å². The fourth-order valence-electron chi connectivity index (χ4n) is 3.85. The van der Waals surface area contributed by atoms with Gasteiger partial charge in [-0.25, -0.2) is 13.8 Å². The van der Waals surface area contributed by atoms with Crippen LogP contribution < -0.4 is 9.64 Å². The second-order valence-electron chi connectivity index (χ2n) is 7.59. The lowest BCUT2D eigenvalue weighted by molar-refractivity contribution is 0.0398. The van der Waals surface area contributed by atoms with Crippen molar-refractivity contribution in [1.29, 1.82) is 0 Å². The number of halogens is 2. The third kappa shape index (κ3) is 4.71. The van der Waals surface area contributed by atoms with Crippen LogP contribution in [-0.4, -0.2) is 54.0 Å². The Kier molecular flexibility index (Phi) is 6.46. The van der Waals surface area contributed by atoms with Crippen molar-refractivity contribution in [2.75, 3.05) is 31.6 Å². The van der Waals surface area contributed by atoms with E-state index in [-0.39, 0.29) is 18.5 Å². The molecule has 0 saturated carbocycles. The molecule has 0 radical (unpaired) electrons. The number of thiazole rings is 1. The highest BCUT2D eigenvalue weighted by Crippen LogP contribution is 2.31. The number of para-hydroxylation sites is 1. The summed E-state index contributed by atoms with van der Waals surface area (Å²) in [6.07, 6.45) is 2.57. The number of hydrogen-bond donors (Lipinski definition) is 1. The molecule has 4 rings (SSSR count). The first kappa shape index (κ1) is 21.0. The molecular formula is C22H25F2N3O2S. The number of piperidine rings is 1. The first-order valence-electron chi connectivity index (χ1n) is 10.1. The lowest BCUT2D eigenvalue weighted by Crippen LogP contribution is -2.52. The first-order valence-corrected chi connectivity index (χ1v) is 10.9. The van der Waals surface area contributed by atoms with E-state index in [1.165, 1.54) is 6.07 Å². The summed E-state index contributed by atoms with van der Waals surface area (Å²) in [5.74, 6) is -1.68. The Morgan fingerprint density at radius 3 is 2.87 bits per heavy atom. The van der Waals surface area contributed by atoms with Crippen LogP contribution in [0, 0.1) is 11.6 Å². The van der Waals surface area contributed by atoms with Gasteiger partial charge in [0.1, 0.15) is 18.5 Å². The minimum absolute atomic E-state index is 0.0130. The zero-order chi connectivity index (χ0) is 21.1. The smallest absolute Gasteiger partial charge is 0.187 e. The molecule has 2 unspecified atom stereocenters. The number of rotatable bonds is 7. The van der Waals surface area contributed by atoms with Gasteiger partial charge in [0, 0.05) is 26.2 Å². The number of benzene rings is 2. The van der Waals surface area contributed by atoms with Gasteiger partial charge < -0.3 is 14.7 Å². The molecule has 3 aromatic rings. The standard InChI is InChI=1S/C22H25F2N3O2S/c1-26(22-25-19-6-2-3-7-20(19)30-22)21-8-4-5-11-27(21)13-15(28)14-29-16-9-10-17(23)18(24)12-16/h2-3,6-7,9-10,12,15,21,28H,4-5,8,11,13-14H2,1H3. The summed E-state index contributed by atoms with van der Waals surface area (Å²) in [6.45, 7) is 1.32. The number of fused-ring (bicyclic) bond motifs is 1. The number of β-amino-alcohol motifs (C(OH)–C–C–N with tert-alkyl or cyclic N) is 1. The molecule has 2 atom stereocenters. The Balaban J connectivity index is 1.39. The van der Waals surface area contributed by atoms with E-state index < -0.39 is 17.7 Å². The largest absolute Gasteiger partial charge is 0.491 e. The second-order valence-corrected chi connectivity index (χ2v) is 8.60. The van der Waals surface area contributed by atoms with Gasteiger partial charge in [0.2, 0.25) is 0 Å². The fraction of sp³-hybridized carbons (Fsp3) is 0.409. The van der Waals surface area contributed by atoms with Crippen LogP contribution in [0.25, 0.3) is 10.2 Å². The van der Waals surface area contributed by atoms with Crippen LogP contribution in [0.1, 0.15) is 19.3 Å². The van der Waals surface area contributed by atoms with Crippen molar-refractivity contribution in [2.45, 2.75) is 31.5 Å². The van der Waals surface area contributed by atoms with Gasteiger partial charge in [-0.05, 0) is 43.5 Å². The summed E-state index contributed by atoms with van der Waals surface area (Å²) in [4.78, 5) is 9.19. The van der Waals surface area contributed by atoms with E-state index in [0.29, 0.717) is 6.54 Å². The van der Waals surface area contributed by atoms with E-state index in [0.717, 1.165) is 53.3 Å². The van der Waals surface area contributed by atoms with Gasteiger partial charge in [-0.15, -0.1) is 0 Å². The quantitative estimate of drug-likeness (QED) is 0.603. The SMILES string of the molecule is CN(c1nc2ccccc2s1)C1CCCCN1CC(O)COc1ccc(F)c(F)c1. The van der Waals surface area contributed by atoms with Crippen molar-refractivity contribution in [2.24, 2.45) is 0 Å². The van der Waals surface area contributed by atoms with Crippen molar-refractivity contribution in [3.05, 3.63) is 54.1 Å². The molecule has 5 nitrogen and oxygen atoms in total. The highest BCUT2D eigenvalue weighted by Gasteiger charge is 2.29. The Morgan fingerprint density at radius 1 is 1.23 bits per heavy atom. The number of aromatic nitrogens is 1. The number of anilines is 1. The van der Waals surface area contributed by atoms with Crippen molar-refractivity contribution in [3.63, 3.8) is 0 Å². The minimum Gasteiger partial charge on any atom is -0.491 e. The highest BCUT2D eigenvalue weighted by atomic mass is 32.1. The topological polar surface area (TPSA) is 48.8 Å². The van der Waals surface area contributed by atoms with Crippen LogP contribution in [0.2, 0.25) is 0 Å². The van der Waals surface area contributed by atoms with Gasteiger partial charge in [-0.3, -0.25) is 4.90 Å². The van der Waals surface area contributed by atoms with Gasteiger partial charge in [-0.2, -0.15) is 0 Å². The summed E-state index contributed by atoms with van der Waals surface area (Å²) in [5, 5.41) is 11.5. The average Bonchev–Trinajstić information content (AvgIpc) is 3.19. The predicted octanol–water partition coefficient (Wildman–Crippen LogP) is 4.26. The lowest BCUT2D eigenvalue weighted by Gasteiger charge is -2.41. The summed E-state index contributed by atoms with van der Waals surface area (Å²) in [5.41, 5.74) is 0.992. The van der Waals surface area contributed by atoms with E-state index in [1.807, 2.05) is 25.2 Å². The molecule has 1 N–H and O–H groups in total. The summed E-state index contributed by atoms with van der Waals surface area (Å²) in [6, 6.07) is 11.5. The molecule has 1 aliphatic rings. The third-order valence-electron chi connectivity index (χ3n) is 5.39. The molecule has 2 aromatic carbocycles. The first-order chi connectivity index (χ1) is 14.5. The maximum absolute atomic E-state index is 13.3. The second kappa shape index (κ2) is 9.24. The highest BCUT2D eigenvalue weighted by molar-refractivity contribution is 7.22. The van der Waals surface area contributed by atoms with E-state index >= 15 is 0 Å². The number of nitrogens with zero attached hydrogens (tertiary/aromatic N) is 3. The lowest BCUT2D eigenvalue weighted by atomic mass is 10.1. The molecule has 1 fully saturated rings. The zero-order valence-corrected chi connectivity index (χ0v) is 17.6. The van der Waals surface area contributed by atoms with Crippen LogP contribution in [-0.2, 0) is 0 Å². The fourth-order valence-corrected chi connectivity index (χ4v) is 4.82. The number of likely N-dealkylation sites (tertiary alicyclic amines) is 1. The van der Waals surface area contributed by atoms with Gasteiger partial charge in [-0.1, -0.05) is 23.5 Å². The molecule has 0 amide bonds. The minimum atomic E-state index is -0.962. The van der Waals surface area contributed by atoms with Crippen LogP contribution >= 0.6 is 11.3 Å². The molecule has 8 heteroatoms. The van der Waals surface area contributed by atoms with Crippen LogP contribution in [0.15, 0.2) is 42.5 Å². The molecule has 2 heterocycles. The molecule has 30 heavy (non-hydrogen) atoms. The molecule has 1 saturated heterocycles. The van der Waals surface area contributed by atoms with Gasteiger partial charge in [0.05, 0.1) is 16.4 Å². The van der Waals surface area contributed by atoms with Gasteiger partial charge >= 0.3 is 0 Å². The van der Waals surface area contributed by atoms with Crippen LogP contribution in [0.5, 0.6) is 5.75 Å². The van der Waals surface area contributed by atoms with Crippen LogP contribution in [0.3, 0.4) is 0 Å². The number of aliphatic hydroxyl groups is 1. The maximum Gasteiger partial charge on any atom is 0.187 e. The summed E-state index contributed by atoms with van der Waals surface area (Å²) < 4.78 is 33.0. The van der Waals surface area contributed by atoms with Crippen molar-refractivity contribution < 1.29 is 18.6 Å². The van der Waals surface area contributed by atoms with Gasteiger partial charge in [0.15, 0.2) is 16.8 Å². The molecule has 1 aromatic heterocycles. The van der Waals surface area contributed by atoms with Gasteiger partial charge in [0.25, 0.3) is 0 Å². The van der Waals surface area contributed by atoms with Crippen LogP contribution in [0.4, 0.5) is 13.9 Å². The van der Waals surface area contributed by atoms with Crippen molar-refractivity contribution in [3.8, 4) is 5.75 Å². The van der Waals surface area contributed by atoms with Crippen molar-refractivity contribution >= 4 is 26.7 Å². The molecule has 0 spiro atoms. The third-order valence-corrected chi connectivity index (χ3v) is 6.52. The average molecular weight is 434 g/mol. The molecule has 160 valence electrons. The summed E-state index contributed by atoms with van der Waals surface area (Å²) in [7, 11) is 2.05. The predicted molar refractivity (Wildman–Crippen MR) is 115 cm³/mol. The normalized spacial score (nSPS) is 18.5. The van der Waals surface area contributed by atoms with E-state index in [2.05, 4.69) is 15.9 Å². The Morgan fingerprint density at radius 2 is 2.07 bits per heavy atom. The van der Waals surface area contributed by atoms with E-state index in [1.54, 1.807) is 11.3 Å². The number of ether oxygens (including phenoxy) is 1. The number of aliphatic hydroxyl groups excluding tert-OH is 1. The molecule has 0 bridgehead atoms. The number of hydrogen-bond acceptors (Lipinski definition) is 6. The Hall–Kier alpha value is -2.29. The van der Waals surface area contributed by atoms with E-state index in [9.17, 15) is 13.9 Å².